The minimum absolute atomic E-state index is 0.116. The van der Waals surface area contributed by atoms with Gasteiger partial charge in [-0.05, 0) is 18.5 Å². The maximum Gasteiger partial charge on any atom is 0.246 e. The van der Waals surface area contributed by atoms with Crippen molar-refractivity contribution in [3.63, 3.8) is 0 Å². The Morgan fingerprint density at radius 3 is 2.88 bits per heavy atom. The molecule has 3 aromatic rings. The lowest BCUT2D eigenvalue weighted by Gasteiger charge is -2.17. The number of nitrogens with zero attached hydrogens (tertiary/aromatic N) is 6. The summed E-state index contributed by atoms with van der Waals surface area (Å²) >= 11 is 0. The van der Waals surface area contributed by atoms with Crippen LogP contribution in [0, 0.1) is 0 Å². The summed E-state index contributed by atoms with van der Waals surface area (Å²) in [6, 6.07) is -0.148. The first kappa shape index (κ1) is 16.9. The number of fused-ring (bicyclic) bond motifs is 1. The fraction of sp³-hybridized carbons (Fsp3) is 0.429. The van der Waals surface area contributed by atoms with Gasteiger partial charge in [0.05, 0.1) is 11.7 Å². The molecule has 4 heterocycles. The zero-order valence-electron chi connectivity index (χ0n) is 14.0. The Hall–Kier alpha value is -2.57. The van der Waals surface area contributed by atoms with Crippen molar-refractivity contribution in [2.45, 2.75) is 30.8 Å². The summed E-state index contributed by atoms with van der Waals surface area (Å²) in [6.45, 7) is 3.09. The van der Waals surface area contributed by atoms with Crippen molar-refractivity contribution < 1.29 is 13.0 Å². The summed E-state index contributed by atoms with van der Waals surface area (Å²) in [5.74, 6) is 0.804. The van der Waals surface area contributed by atoms with Crippen LogP contribution in [-0.4, -0.2) is 56.7 Å². The molecule has 1 aliphatic rings. The molecule has 1 saturated heterocycles. The average molecular weight is 378 g/mol. The van der Waals surface area contributed by atoms with E-state index in [4.69, 9.17) is 5.73 Å². The van der Waals surface area contributed by atoms with E-state index in [2.05, 4.69) is 30.2 Å². The van der Waals surface area contributed by atoms with Gasteiger partial charge in [-0.3, -0.25) is 4.98 Å². The third-order valence-electron chi connectivity index (χ3n) is 4.34. The smallest absolute Gasteiger partial charge is 0.246 e. The summed E-state index contributed by atoms with van der Waals surface area (Å²) in [7, 11) is -3.72. The molecule has 0 spiro atoms. The van der Waals surface area contributed by atoms with E-state index in [1.807, 2.05) is 6.92 Å². The van der Waals surface area contributed by atoms with Gasteiger partial charge in [0.25, 0.3) is 0 Å². The molecule has 138 valence electrons. The van der Waals surface area contributed by atoms with Gasteiger partial charge in [-0.1, -0.05) is 5.16 Å². The molecule has 1 fully saturated rings. The van der Waals surface area contributed by atoms with Crippen molar-refractivity contribution in [2.24, 2.45) is 5.73 Å². The van der Waals surface area contributed by atoms with E-state index in [0.717, 1.165) is 0 Å². The monoisotopic (exact) mass is 378 g/mol. The van der Waals surface area contributed by atoms with Crippen LogP contribution >= 0.6 is 0 Å². The quantitative estimate of drug-likeness (QED) is 0.640. The maximum absolute atomic E-state index is 13.1. The van der Waals surface area contributed by atoms with E-state index >= 15 is 0 Å². The number of sulfonamides is 1. The van der Waals surface area contributed by atoms with E-state index in [0.29, 0.717) is 48.9 Å². The number of hydrogen-bond donors (Lipinski definition) is 2. The molecule has 1 atom stereocenters. The SMILES string of the molecule is CCn1c(Nc2cnon2)nc2cncc(S(=O)(=O)N3CC[C@@H](N)C3)c21. The van der Waals surface area contributed by atoms with Gasteiger partial charge in [0.15, 0.2) is 5.82 Å². The summed E-state index contributed by atoms with van der Waals surface area (Å²) < 4.78 is 34.0. The first-order valence-corrected chi connectivity index (χ1v) is 9.59. The summed E-state index contributed by atoms with van der Waals surface area (Å²) in [5.41, 5.74) is 6.83. The Bertz CT molecular complexity index is 1030. The highest BCUT2D eigenvalue weighted by Gasteiger charge is 2.33. The molecule has 0 aromatic carbocycles. The van der Waals surface area contributed by atoms with Crippen LogP contribution < -0.4 is 11.1 Å². The second kappa shape index (κ2) is 6.30. The fourth-order valence-electron chi connectivity index (χ4n) is 3.10. The van der Waals surface area contributed by atoms with E-state index in [9.17, 15) is 8.42 Å². The second-order valence-electron chi connectivity index (χ2n) is 6.01. The lowest BCUT2D eigenvalue weighted by atomic mass is 10.3. The van der Waals surface area contributed by atoms with Gasteiger partial charge in [-0.15, -0.1) is 0 Å². The third-order valence-corrected chi connectivity index (χ3v) is 6.21. The van der Waals surface area contributed by atoms with Gasteiger partial charge in [0.2, 0.25) is 16.0 Å². The van der Waals surface area contributed by atoms with Gasteiger partial charge in [-0.2, -0.15) is 4.31 Å². The average Bonchev–Trinajstić information content (AvgIpc) is 3.34. The molecule has 0 bridgehead atoms. The molecule has 4 rings (SSSR count). The van der Waals surface area contributed by atoms with Crippen molar-refractivity contribution in [1.82, 2.24) is 29.2 Å². The predicted octanol–water partition coefficient (Wildman–Crippen LogP) is 0.299. The minimum atomic E-state index is -3.72. The Balaban J connectivity index is 1.84. The zero-order chi connectivity index (χ0) is 18.3. The lowest BCUT2D eigenvalue weighted by molar-refractivity contribution is 0.308. The number of imidazole rings is 1. The topological polar surface area (TPSA) is 145 Å². The number of aryl methyl sites for hydroxylation is 1. The van der Waals surface area contributed by atoms with E-state index < -0.39 is 10.0 Å². The number of aromatic nitrogens is 5. The van der Waals surface area contributed by atoms with Gasteiger partial charge < -0.3 is 15.6 Å². The molecule has 0 radical (unpaired) electrons. The highest BCUT2D eigenvalue weighted by atomic mass is 32.2. The third kappa shape index (κ3) is 2.71. The Morgan fingerprint density at radius 1 is 1.38 bits per heavy atom. The van der Waals surface area contributed by atoms with Crippen molar-refractivity contribution in [3.8, 4) is 0 Å². The highest BCUT2D eigenvalue weighted by molar-refractivity contribution is 7.89. The molecule has 0 aliphatic carbocycles. The molecule has 3 N–H and O–H groups in total. The van der Waals surface area contributed by atoms with Crippen LogP contribution in [-0.2, 0) is 16.6 Å². The normalized spacial score (nSPS) is 18.6. The van der Waals surface area contributed by atoms with Crippen LogP contribution in [0.5, 0.6) is 0 Å². The van der Waals surface area contributed by atoms with Crippen LogP contribution in [0.25, 0.3) is 11.0 Å². The number of nitrogens with one attached hydrogen (secondary N) is 1. The molecule has 11 nitrogen and oxygen atoms in total. The molecule has 26 heavy (non-hydrogen) atoms. The van der Waals surface area contributed by atoms with E-state index in [1.165, 1.54) is 22.9 Å². The Kier molecular flexibility index (Phi) is 4.09. The molecular formula is C14H18N8O3S. The zero-order valence-corrected chi connectivity index (χ0v) is 14.8. The largest absolute Gasteiger partial charge is 0.326 e. The van der Waals surface area contributed by atoms with Crippen LogP contribution in [0.3, 0.4) is 0 Å². The first-order valence-electron chi connectivity index (χ1n) is 8.15. The van der Waals surface area contributed by atoms with Gasteiger partial charge >= 0.3 is 0 Å². The molecule has 0 unspecified atom stereocenters. The summed E-state index contributed by atoms with van der Waals surface area (Å²) in [4.78, 5) is 8.63. The van der Waals surface area contributed by atoms with Gasteiger partial charge in [0, 0.05) is 31.9 Å². The van der Waals surface area contributed by atoms with Crippen molar-refractivity contribution in [1.29, 1.82) is 0 Å². The van der Waals surface area contributed by atoms with Crippen LogP contribution in [0.4, 0.5) is 11.8 Å². The molecule has 3 aromatic heterocycles. The first-order chi connectivity index (χ1) is 12.5. The number of pyridine rings is 1. The van der Waals surface area contributed by atoms with E-state index in [-0.39, 0.29) is 10.9 Å². The van der Waals surface area contributed by atoms with E-state index in [1.54, 1.807) is 4.57 Å². The maximum atomic E-state index is 13.1. The van der Waals surface area contributed by atoms with Gasteiger partial charge in [-0.25, -0.2) is 18.0 Å². The molecule has 12 heteroatoms. The lowest BCUT2D eigenvalue weighted by Crippen LogP contribution is -2.32. The number of hydrogen-bond acceptors (Lipinski definition) is 9. The van der Waals surface area contributed by atoms with Crippen molar-refractivity contribution >= 4 is 32.8 Å². The van der Waals surface area contributed by atoms with Crippen LogP contribution in [0.1, 0.15) is 13.3 Å². The standard InChI is InChI=1S/C14H18N8O3S/c1-2-22-13-10(18-14(22)19-12-7-17-25-20-12)5-16-6-11(13)26(23,24)21-4-3-9(15)8-21/h5-7,9H,2-4,8,15H2,1H3,(H,18,19,20)/t9-/m1/s1. The van der Waals surface area contributed by atoms with Gasteiger partial charge in [0.1, 0.15) is 16.6 Å². The summed E-state index contributed by atoms with van der Waals surface area (Å²) in [6.07, 6.45) is 4.93. The number of rotatable bonds is 5. The van der Waals surface area contributed by atoms with Crippen molar-refractivity contribution in [2.75, 3.05) is 18.4 Å². The molecule has 0 saturated carbocycles. The second-order valence-corrected chi connectivity index (χ2v) is 7.92. The van der Waals surface area contributed by atoms with Crippen LogP contribution in [0.2, 0.25) is 0 Å². The molecular weight excluding hydrogens is 360 g/mol. The van der Waals surface area contributed by atoms with Crippen LogP contribution in [0.15, 0.2) is 28.1 Å². The minimum Gasteiger partial charge on any atom is -0.326 e. The number of anilines is 2. The predicted molar refractivity (Wildman–Crippen MR) is 92.1 cm³/mol. The molecule has 1 aliphatic heterocycles. The highest BCUT2D eigenvalue weighted by Crippen LogP contribution is 2.30. The summed E-state index contributed by atoms with van der Waals surface area (Å²) in [5, 5.41) is 10.2. The Labute approximate surface area is 149 Å². The Morgan fingerprint density at radius 2 is 2.23 bits per heavy atom. The molecule has 0 amide bonds. The number of nitrogens with two attached hydrogens (primary N) is 1. The van der Waals surface area contributed by atoms with Crippen molar-refractivity contribution in [3.05, 3.63) is 18.6 Å². The fourth-order valence-corrected chi connectivity index (χ4v) is 4.76.